The van der Waals surface area contributed by atoms with Gasteiger partial charge in [-0.3, -0.25) is 0 Å². The molecule has 2 N–H and O–H groups in total. The van der Waals surface area contributed by atoms with Crippen molar-refractivity contribution >= 4 is 6.09 Å². The lowest BCUT2D eigenvalue weighted by atomic mass is 9.82. The molecule has 0 radical (unpaired) electrons. The van der Waals surface area contributed by atoms with Gasteiger partial charge in [0.05, 0.1) is 6.10 Å². The number of hydrogen-bond acceptors (Lipinski definition) is 3. The van der Waals surface area contributed by atoms with E-state index in [0.29, 0.717) is 6.42 Å². The highest BCUT2D eigenvalue weighted by Gasteiger charge is 2.29. The number of aliphatic hydroxyl groups excluding tert-OH is 1. The molecule has 114 valence electrons. The zero-order chi connectivity index (χ0) is 15.1. The van der Waals surface area contributed by atoms with Gasteiger partial charge >= 0.3 is 6.09 Å². The molecule has 1 amide bonds. The van der Waals surface area contributed by atoms with Gasteiger partial charge in [-0.05, 0) is 37.7 Å². The van der Waals surface area contributed by atoms with Gasteiger partial charge in [-0.25, -0.2) is 4.79 Å². The Bertz CT molecular complexity index is 472. The van der Waals surface area contributed by atoms with E-state index in [4.69, 9.17) is 4.74 Å². The minimum atomic E-state index is -0.394. The van der Waals surface area contributed by atoms with Crippen molar-refractivity contribution in [2.45, 2.75) is 44.9 Å². The van der Waals surface area contributed by atoms with Crippen molar-refractivity contribution in [2.75, 3.05) is 0 Å². The van der Waals surface area contributed by atoms with Gasteiger partial charge in [-0.2, -0.15) is 0 Å². The lowest BCUT2D eigenvalue weighted by molar-refractivity contribution is 0.0867. The second-order valence-corrected chi connectivity index (χ2v) is 5.47. The van der Waals surface area contributed by atoms with E-state index in [2.05, 4.69) is 5.32 Å². The van der Waals surface area contributed by atoms with E-state index in [-0.39, 0.29) is 24.7 Å². The summed E-state index contributed by atoms with van der Waals surface area (Å²) in [6.45, 7) is 2.22. The molecule has 1 saturated carbocycles. The van der Waals surface area contributed by atoms with Gasteiger partial charge in [0.1, 0.15) is 6.61 Å². The molecule has 4 nitrogen and oxygen atoms in total. The monoisotopic (exact) mass is 289 g/mol. The van der Waals surface area contributed by atoms with Gasteiger partial charge in [0.2, 0.25) is 0 Å². The standard InChI is InChI=1S/C17H23NO3/c1-2-6-14-11-15(19)9-10-16(14)18-17(20)21-12-13-7-4-3-5-8-13/h2-8,14-16,19H,9-12H2,1H3,(H,18,20)/t14-,15-,16+/m1/s1. The third-order valence-corrected chi connectivity index (χ3v) is 3.83. The van der Waals surface area contributed by atoms with Crippen LogP contribution in [0.1, 0.15) is 31.7 Å². The minimum Gasteiger partial charge on any atom is -0.445 e. The van der Waals surface area contributed by atoms with Crippen molar-refractivity contribution in [1.29, 1.82) is 0 Å². The summed E-state index contributed by atoms with van der Waals surface area (Å²) in [5.74, 6) is 0.169. The smallest absolute Gasteiger partial charge is 0.407 e. The number of amides is 1. The van der Waals surface area contributed by atoms with Crippen LogP contribution in [0, 0.1) is 5.92 Å². The molecule has 0 saturated heterocycles. The van der Waals surface area contributed by atoms with Crippen LogP contribution >= 0.6 is 0 Å². The summed E-state index contributed by atoms with van der Waals surface area (Å²) in [6, 6.07) is 9.65. The fourth-order valence-corrected chi connectivity index (χ4v) is 2.74. The Hall–Kier alpha value is -1.81. The molecule has 1 aliphatic rings. The first-order valence-electron chi connectivity index (χ1n) is 7.47. The van der Waals surface area contributed by atoms with Gasteiger partial charge in [0.25, 0.3) is 0 Å². The number of aliphatic hydroxyl groups is 1. The molecule has 4 heteroatoms. The highest BCUT2D eigenvalue weighted by molar-refractivity contribution is 5.67. The Morgan fingerprint density at radius 2 is 2.14 bits per heavy atom. The van der Waals surface area contributed by atoms with Crippen molar-refractivity contribution < 1.29 is 14.6 Å². The van der Waals surface area contributed by atoms with Crippen LogP contribution in [0.25, 0.3) is 0 Å². The highest BCUT2D eigenvalue weighted by atomic mass is 16.5. The van der Waals surface area contributed by atoms with Crippen LogP contribution in [0.4, 0.5) is 4.79 Å². The SMILES string of the molecule is CC=C[C@@H]1C[C@H](O)CC[C@@H]1NC(=O)OCc1ccccc1. The number of allylic oxidation sites excluding steroid dienone is 1. The molecule has 0 spiro atoms. The molecule has 1 fully saturated rings. The maximum Gasteiger partial charge on any atom is 0.407 e. The van der Waals surface area contributed by atoms with E-state index in [0.717, 1.165) is 18.4 Å². The summed E-state index contributed by atoms with van der Waals surface area (Å²) in [7, 11) is 0. The summed E-state index contributed by atoms with van der Waals surface area (Å²) >= 11 is 0. The van der Waals surface area contributed by atoms with Crippen molar-refractivity contribution in [1.82, 2.24) is 5.32 Å². The van der Waals surface area contributed by atoms with E-state index in [9.17, 15) is 9.90 Å². The van der Waals surface area contributed by atoms with Crippen molar-refractivity contribution in [2.24, 2.45) is 5.92 Å². The first-order chi connectivity index (χ1) is 10.2. The predicted octanol–water partition coefficient (Wildman–Crippen LogP) is 3.02. The first kappa shape index (κ1) is 15.6. The van der Waals surface area contributed by atoms with Gasteiger partial charge in [0, 0.05) is 6.04 Å². The second kappa shape index (κ2) is 7.84. The average molecular weight is 289 g/mol. The summed E-state index contributed by atoms with van der Waals surface area (Å²) in [5.41, 5.74) is 0.969. The normalized spacial score (nSPS) is 25.7. The fourth-order valence-electron chi connectivity index (χ4n) is 2.74. The third kappa shape index (κ3) is 4.90. The predicted molar refractivity (Wildman–Crippen MR) is 81.7 cm³/mol. The third-order valence-electron chi connectivity index (χ3n) is 3.83. The number of alkyl carbamates (subject to hydrolysis) is 1. The van der Waals surface area contributed by atoms with Crippen molar-refractivity contribution in [3.63, 3.8) is 0 Å². The van der Waals surface area contributed by atoms with Crippen LogP contribution in [-0.2, 0) is 11.3 Å². The van der Waals surface area contributed by atoms with Gasteiger partial charge in [0.15, 0.2) is 0 Å². The van der Waals surface area contributed by atoms with E-state index in [1.165, 1.54) is 0 Å². The highest BCUT2D eigenvalue weighted by Crippen LogP contribution is 2.26. The number of rotatable bonds is 4. The molecule has 0 aliphatic heterocycles. The van der Waals surface area contributed by atoms with Crippen LogP contribution in [0.5, 0.6) is 0 Å². The second-order valence-electron chi connectivity index (χ2n) is 5.47. The fraction of sp³-hybridized carbons (Fsp3) is 0.471. The van der Waals surface area contributed by atoms with Gasteiger partial charge < -0.3 is 15.2 Å². The lowest BCUT2D eigenvalue weighted by Gasteiger charge is -2.32. The number of carbonyl (C=O) groups is 1. The molecule has 0 aromatic heterocycles. The van der Waals surface area contributed by atoms with Crippen molar-refractivity contribution in [3.8, 4) is 0 Å². The zero-order valence-corrected chi connectivity index (χ0v) is 12.4. The van der Waals surface area contributed by atoms with Crippen molar-refractivity contribution in [3.05, 3.63) is 48.0 Å². The molecule has 3 atom stereocenters. The van der Waals surface area contributed by atoms with E-state index < -0.39 is 6.09 Å². The Kier molecular flexibility index (Phi) is 5.81. The first-order valence-corrected chi connectivity index (χ1v) is 7.47. The Morgan fingerprint density at radius 3 is 2.86 bits per heavy atom. The van der Waals surface area contributed by atoms with Crippen LogP contribution < -0.4 is 5.32 Å². The average Bonchev–Trinajstić information content (AvgIpc) is 2.49. The maximum atomic E-state index is 11.9. The number of benzene rings is 1. The number of ether oxygens (including phenoxy) is 1. The Balaban J connectivity index is 1.83. The molecular weight excluding hydrogens is 266 g/mol. The molecule has 0 heterocycles. The number of carbonyl (C=O) groups excluding carboxylic acids is 1. The molecule has 1 aromatic carbocycles. The number of hydrogen-bond donors (Lipinski definition) is 2. The van der Waals surface area contributed by atoms with E-state index in [1.54, 1.807) is 0 Å². The minimum absolute atomic E-state index is 0.0351. The zero-order valence-electron chi connectivity index (χ0n) is 12.4. The summed E-state index contributed by atoms with van der Waals surface area (Å²) in [4.78, 5) is 11.9. The molecule has 1 aromatic rings. The summed E-state index contributed by atoms with van der Waals surface area (Å²) < 4.78 is 5.25. The molecule has 1 aliphatic carbocycles. The maximum absolute atomic E-state index is 11.9. The molecule has 21 heavy (non-hydrogen) atoms. The molecule has 0 unspecified atom stereocenters. The lowest BCUT2D eigenvalue weighted by Crippen LogP contribution is -2.44. The van der Waals surface area contributed by atoms with Gasteiger partial charge in [-0.15, -0.1) is 0 Å². The largest absolute Gasteiger partial charge is 0.445 e. The van der Waals surface area contributed by atoms with E-state index in [1.807, 2.05) is 49.4 Å². The van der Waals surface area contributed by atoms with Gasteiger partial charge in [-0.1, -0.05) is 42.5 Å². The molecule has 0 bridgehead atoms. The topological polar surface area (TPSA) is 58.6 Å². The van der Waals surface area contributed by atoms with Crippen LogP contribution in [-0.4, -0.2) is 23.3 Å². The Morgan fingerprint density at radius 1 is 1.38 bits per heavy atom. The van der Waals surface area contributed by atoms with Crippen LogP contribution in [0.15, 0.2) is 42.5 Å². The quantitative estimate of drug-likeness (QED) is 0.838. The van der Waals surface area contributed by atoms with E-state index >= 15 is 0 Å². The number of nitrogens with one attached hydrogen (secondary N) is 1. The Labute approximate surface area is 125 Å². The van der Waals surface area contributed by atoms with Crippen LogP contribution in [0.2, 0.25) is 0 Å². The van der Waals surface area contributed by atoms with Crippen LogP contribution in [0.3, 0.4) is 0 Å². The summed E-state index contributed by atoms with van der Waals surface area (Å²) in [6.07, 6.45) is 5.53. The molecular formula is C17H23NO3. The summed E-state index contributed by atoms with van der Waals surface area (Å²) in [5, 5.41) is 12.7. The molecule has 2 rings (SSSR count).